The minimum absolute atomic E-state index is 0.436. The van der Waals surface area contributed by atoms with Crippen LogP contribution in [0.1, 0.15) is 49.5 Å². The SMILES string of the molecule is O=C(O)C1(c2ncc(C3CCOCC3)[nH]2)CCC1. The first kappa shape index (κ1) is 11.7. The number of imidazole rings is 1. The lowest BCUT2D eigenvalue weighted by atomic mass is 9.68. The Morgan fingerprint density at radius 1 is 1.44 bits per heavy atom. The third-order valence-corrected chi connectivity index (χ3v) is 4.33. The second-order valence-corrected chi connectivity index (χ2v) is 5.31. The lowest BCUT2D eigenvalue weighted by molar-refractivity contribution is -0.147. The number of H-pyrrole nitrogens is 1. The van der Waals surface area contributed by atoms with Crippen LogP contribution in [0.15, 0.2) is 6.20 Å². The molecule has 98 valence electrons. The summed E-state index contributed by atoms with van der Waals surface area (Å²) >= 11 is 0. The molecule has 1 aliphatic heterocycles. The van der Waals surface area contributed by atoms with Gasteiger partial charge in [-0.2, -0.15) is 0 Å². The molecule has 1 aromatic heterocycles. The fraction of sp³-hybridized carbons (Fsp3) is 0.692. The molecule has 1 aliphatic carbocycles. The van der Waals surface area contributed by atoms with Gasteiger partial charge in [0.05, 0.1) is 0 Å². The molecule has 0 bridgehead atoms. The molecule has 3 rings (SSSR count). The number of aliphatic carboxylic acids is 1. The number of carbonyl (C=O) groups is 1. The van der Waals surface area contributed by atoms with E-state index < -0.39 is 11.4 Å². The number of carboxylic acid groups (broad SMARTS) is 1. The van der Waals surface area contributed by atoms with Crippen LogP contribution in [0, 0.1) is 0 Å². The van der Waals surface area contributed by atoms with E-state index in [2.05, 4.69) is 9.97 Å². The molecule has 1 aromatic rings. The van der Waals surface area contributed by atoms with Gasteiger partial charge in [0.25, 0.3) is 0 Å². The summed E-state index contributed by atoms with van der Waals surface area (Å²) in [4.78, 5) is 19.0. The highest BCUT2D eigenvalue weighted by atomic mass is 16.5. The van der Waals surface area contributed by atoms with Crippen molar-refractivity contribution in [2.75, 3.05) is 13.2 Å². The first-order valence-corrected chi connectivity index (χ1v) is 6.59. The van der Waals surface area contributed by atoms with Gasteiger partial charge in [-0.3, -0.25) is 4.79 Å². The van der Waals surface area contributed by atoms with Crippen molar-refractivity contribution < 1.29 is 14.6 Å². The zero-order chi connectivity index (χ0) is 12.6. The third kappa shape index (κ3) is 1.73. The molecule has 5 nitrogen and oxygen atoms in total. The normalized spacial score (nSPS) is 23.6. The topological polar surface area (TPSA) is 75.2 Å². The molecule has 2 heterocycles. The third-order valence-electron chi connectivity index (χ3n) is 4.33. The molecule has 0 spiro atoms. The predicted molar refractivity (Wildman–Crippen MR) is 64.5 cm³/mol. The summed E-state index contributed by atoms with van der Waals surface area (Å²) in [5.74, 6) is 0.329. The summed E-state index contributed by atoms with van der Waals surface area (Å²) in [5, 5.41) is 9.38. The Hall–Kier alpha value is -1.36. The Morgan fingerprint density at radius 2 is 2.17 bits per heavy atom. The van der Waals surface area contributed by atoms with E-state index in [0.717, 1.165) is 38.2 Å². The first-order valence-electron chi connectivity index (χ1n) is 6.59. The standard InChI is InChI=1S/C13H18N2O3/c16-12(17)13(4-1-5-13)11-14-8-10(15-11)9-2-6-18-7-3-9/h8-9H,1-7H2,(H,14,15)(H,16,17). The Bertz CT molecular complexity index is 445. The van der Waals surface area contributed by atoms with E-state index in [9.17, 15) is 9.90 Å². The van der Waals surface area contributed by atoms with E-state index in [0.29, 0.717) is 24.6 Å². The number of aromatic amines is 1. The molecule has 0 aromatic carbocycles. The minimum Gasteiger partial charge on any atom is -0.480 e. The second-order valence-electron chi connectivity index (χ2n) is 5.31. The van der Waals surface area contributed by atoms with Gasteiger partial charge in [-0.05, 0) is 25.7 Å². The van der Waals surface area contributed by atoms with Crippen LogP contribution in [0.25, 0.3) is 0 Å². The fourth-order valence-electron chi connectivity index (χ4n) is 2.88. The maximum absolute atomic E-state index is 11.4. The van der Waals surface area contributed by atoms with Gasteiger partial charge in [0.2, 0.25) is 0 Å². The van der Waals surface area contributed by atoms with E-state index in [-0.39, 0.29) is 0 Å². The summed E-state index contributed by atoms with van der Waals surface area (Å²) in [7, 11) is 0. The van der Waals surface area contributed by atoms with Crippen molar-refractivity contribution in [2.45, 2.75) is 43.4 Å². The molecule has 0 unspecified atom stereocenters. The van der Waals surface area contributed by atoms with Gasteiger partial charge < -0.3 is 14.8 Å². The second kappa shape index (κ2) is 4.39. The van der Waals surface area contributed by atoms with Gasteiger partial charge in [-0.25, -0.2) is 4.98 Å². The number of nitrogens with one attached hydrogen (secondary N) is 1. The van der Waals surface area contributed by atoms with Crippen LogP contribution < -0.4 is 0 Å². The molecule has 1 saturated carbocycles. The average Bonchev–Trinajstić information content (AvgIpc) is 2.78. The van der Waals surface area contributed by atoms with E-state index >= 15 is 0 Å². The zero-order valence-electron chi connectivity index (χ0n) is 10.3. The highest BCUT2D eigenvalue weighted by Gasteiger charge is 2.48. The smallest absolute Gasteiger partial charge is 0.317 e. The van der Waals surface area contributed by atoms with E-state index in [1.165, 1.54) is 0 Å². The molecule has 18 heavy (non-hydrogen) atoms. The number of rotatable bonds is 3. The summed E-state index contributed by atoms with van der Waals surface area (Å²) in [5.41, 5.74) is 0.324. The number of nitrogens with zero attached hydrogens (tertiary/aromatic N) is 1. The number of hydrogen-bond acceptors (Lipinski definition) is 3. The van der Waals surface area contributed by atoms with Crippen molar-refractivity contribution in [3.8, 4) is 0 Å². The van der Waals surface area contributed by atoms with Crippen molar-refractivity contribution in [1.82, 2.24) is 9.97 Å². The van der Waals surface area contributed by atoms with Crippen molar-refractivity contribution in [3.63, 3.8) is 0 Å². The molecule has 1 saturated heterocycles. The van der Waals surface area contributed by atoms with Gasteiger partial charge in [0.15, 0.2) is 0 Å². The van der Waals surface area contributed by atoms with Crippen LogP contribution in [0.3, 0.4) is 0 Å². The van der Waals surface area contributed by atoms with Gasteiger partial charge in [0, 0.05) is 31.0 Å². The molecule has 0 radical (unpaired) electrons. The van der Waals surface area contributed by atoms with Gasteiger partial charge in [-0.15, -0.1) is 0 Å². The van der Waals surface area contributed by atoms with E-state index in [1.54, 1.807) is 0 Å². The van der Waals surface area contributed by atoms with Gasteiger partial charge >= 0.3 is 5.97 Å². The summed E-state index contributed by atoms with van der Waals surface area (Å²) in [6.45, 7) is 1.56. The largest absolute Gasteiger partial charge is 0.480 e. The number of hydrogen-bond donors (Lipinski definition) is 2. The quantitative estimate of drug-likeness (QED) is 0.857. The minimum atomic E-state index is -0.748. The molecule has 2 N–H and O–H groups in total. The molecule has 0 amide bonds. The van der Waals surface area contributed by atoms with Crippen LogP contribution in [-0.4, -0.2) is 34.3 Å². The van der Waals surface area contributed by atoms with E-state index in [1.807, 2.05) is 6.20 Å². The van der Waals surface area contributed by atoms with Gasteiger partial charge in [0.1, 0.15) is 11.2 Å². The van der Waals surface area contributed by atoms with Crippen molar-refractivity contribution in [1.29, 1.82) is 0 Å². The Kier molecular flexibility index (Phi) is 2.86. The van der Waals surface area contributed by atoms with Crippen molar-refractivity contribution in [2.24, 2.45) is 0 Å². The monoisotopic (exact) mass is 250 g/mol. The Morgan fingerprint density at radius 3 is 2.72 bits per heavy atom. The summed E-state index contributed by atoms with van der Waals surface area (Å²) in [6.07, 6.45) is 6.16. The molecule has 2 fully saturated rings. The number of carboxylic acids is 1. The molecule has 5 heteroatoms. The zero-order valence-corrected chi connectivity index (χ0v) is 10.3. The first-order chi connectivity index (χ1) is 8.72. The maximum atomic E-state index is 11.4. The lowest BCUT2D eigenvalue weighted by Gasteiger charge is -2.35. The van der Waals surface area contributed by atoms with Crippen LogP contribution >= 0.6 is 0 Å². The van der Waals surface area contributed by atoms with Crippen LogP contribution in [0.2, 0.25) is 0 Å². The molecular weight excluding hydrogens is 232 g/mol. The summed E-state index contributed by atoms with van der Waals surface area (Å²) in [6, 6.07) is 0. The Balaban J connectivity index is 1.82. The predicted octanol–water partition coefficient (Wildman–Crippen LogP) is 1.81. The number of ether oxygens (including phenoxy) is 1. The van der Waals surface area contributed by atoms with Crippen molar-refractivity contribution >= 4 is 5.97 Å². The summed E-state index contributed by atoms with van der Waals surface area (Å²) < 4.78 is 5.34. The van der Waals surface area contributed by atoms with Crippen molar-refractivity contribution in [3.05, 3.63) is 17.7 Å². The number of aromatic nitrogens is 2. The maximum Gasteiger partial charge on any atom is 0.317 e. The van der Waals surface area contributed by atoms with Crippen LogP contribution in [0.5, 0.6) is 0 Å². The lowest BCUT2D eigenvalue weighted by Crippen LogP contribution is -2.43. The van der Waals surface area contributed by atoms with Crippen LogP contribution in [-0.2, 0) is 14.9 Å². The van der Waals surface area contributed by atoms with Crippen LogP contribution in [0.4, 0.5) is 0 Å². The Labute approximate surface area is 106 Å². The molecule has 2 aliphatic rings. The fourth-order valence-corrected chi connectivity index (χ4v) is 2.88. The average molecular weight is 250 g/mol. The highest BCUT2D eigenvalue weighted by molar-refractivity contribution is 5.81. The molecule has 0 atom stereocenters. The highest BCUT2D eigenvalue weighted by Crippen LogP contribution is 2.43. The molecular formula is C13H18N2O3. The van der Waals surface area contributed by atoms with E-state index in [4.69, 9.17) is 4.74 Å². The van der Waals surface area contributed by atoms with Gasteiger partial charge in [-0.1, -0.05) is 6.42 Å².